The fraction of sp³-hybridized carbons (Fsp3) is 0.200. The number of carbonyl (C=O) groups is 1. The lowest BCUT2D eigenvalue weighted by Crippen LogP contribution is -2.19. The molecule has 1 unspecified atom stereocenters. The third-order valence-corrected chi connectivity index (χ3v) is 4.23. The summed E-state index contributed by atoms with van der Waals surface area (Å²) in [5, 5.41) is 6.30. The number of hydrogen-bond donors (Lipinski definition) is 2. The van der Waals surface area contributed by atoms with Gasteiger partial charge in [-0.15, -0.1) is 0 Å². The number of benzene rings is 2. The van der Waals surface area contributed by atoms with Crippen molar-refractivity contribution < 1.29 is 9.37 Å². The van der Waals surface area contributed by atoms with Crippen LogP contribution in [0.1, 0.15) is 24.0 Å². The zero-order valence-corrected chi connectivity index (χ0v) is 14.2. The molecule has 0 saturated carbocycles. The number of fused-ring (bicyclic) bond motifs is 1. The van der Waals surface area contributed by atoms with E-state index >= 15 is 0 Å². The van der Waals surface area contributed by atoms with E-state index in [0.29, 0.717) is 0 Å². The molecule has 0 fully saturated rings. The topological polar surface area (TPSA) is 44.1 Å². The zero-order valence-electron chi connectivity index (χ0n) is 14.2. The van der Waals surface area contributed by atoms with E-state index in [2.05, 4.69) is 10.6 Å². The normalized spacial score (nSPS) is 14.9. The number of nitrogens with one attached hydrogen (secondary N) is 2. The second kappa shape index (κ2) is 6.71. The van der Waals surface area contributed by atoms with Crippen LogP contribution < -0.4 is 10.6 Å². The zero-order chi connectivity index (χ0) is 17.1. The number of amides is 1. The van der Waals surface area contributed by atoms with Crippen LogP contribution in [-0.4, -0.2) is 30.4 Å². The van der Waals surface area contributed by atoms with E-state index in [0.717, 1.165) is 28.3 Å². The first-order valence-corrected chi connectivity index (χ1v) is 8.00. The van der Waals surface area contributed by atoms with Gasteiger partial charge in [-0.3, -0.25) is 9.37 Å². The molecule has 122 valence electrons. The number of anilines is 2. The van der Waals surface area contributed by atoms with Crippen LogP contribution in [0.4, 0.5) is 11.4 Å². The lowest BCUT2D eigenvalue weighted by molar-refractivity contribution is -0.464. The Morgan fingerprint density at radius 3 is 2.25 bits per heavy atom. The van der Waals surface area contributed by atoms with E-state index in [-0.39, 0.29) is 11.8 Å². The van der Waals surface area contributed by atoms with Crippen LogP contribution in [-0.2, 0) is 4.79 Å². The van der Waals surface area contributed by atoms with E-state index in [1.165, 1.54) is 0 Å². The van der Waals surface area contributed by atoms with Crippen molar-refractivity contribution in [3.63, 3.8) is 0 Å². The van der Waals surface area contributed by atoms with E-state index in [1.54, 1.807) is 0 Å². The minimum Gasteiger partial charge on any atom is -0.325 e. The molecule has 2 aromatic rings. The highest BCUT2D eigenvalue weighted by Gasteiger charge is 2.23. The van der Waals surface area contributed by atoms with E-state index < -0.39 is 0 Å². The summed E-state index contributed by atoms with van der Waals surface area (Å²) in [5.74, 6) is 0.829. The van der Waals surface area contributed by atoms with Gasteiger partial charge >= 0.3 is 0 Å². The highest BCUT2D eigenvalue weighted by Crippen LogP contribution is 2.30. The molecule has 1 aliphatic carbocycles. The van der Waals surface area contributed by atoms with E-state index in [1.807, 2.05) is 86.3 Å². The second-order valence-electron chi connectivity index (χ2n) is 6.14. The molecule has 2 aromatic carbocycles. The molecule has 0 radical (unpaired) electrons. The van der Waals surface area contributed by atoms with Crippen LogP contribution in [0.25, 0.3) is 6.08 Å². The Hall–Kier alpha value is -2.88. The lowest BCUT2D eigenvalue weighted by atomic mass is 10.00. The number of nitrogens with zero attached hydrogens (tertiary/aromatic N) is 1. The van der Waals surface area contributed by atoms with Crippen molar-refractivity contribution in [2.75, 3.05) is 24.7 Å². The lowest BCUT2D eigenvalue weighted by Gasteiger charge is -2.12. The Morgan fingerprint density at radius 1 is 0.958 bits per heavy atom. The fourth-order valence-electron chi connectivity index (χ4n) is 2.66. The minimum atomic E-state index is -0.219. The number of carbonyl (C=O) groups excluding carboxylic acids is 1. The van der Waals surface area contributed by atoms with Gasteiger partial charge in [-0.25, -0.2) is 5.32 Å². The predicted octanol–water partition coefficient (Wildman–Crippen LogP) is 3.54. The summed E-state index contributed by atoms with van der Waals surface area (Å²) in [7, 11) is 3.98. The average molecular weight is 320 g/mol. The van der Waals surface area contributed by atoms with Crippen molar-refractivity contribution in [3.8, 4) is 0 Å². The van der Waals surface area contributed by atoms with Gasteiger partial charge in [0, 0.05) is 12.6 Å². The third-order valence-electron chi connectivity index (χ3n) is 4.23. The summed E-state index contributed by atoms with van der Waals surface area (Å²) < 4.78 is 2.01. The molecule has 2 N–H and O–H groups in total. The monoisotopic (exact) mass is 320 g/mol. The Labute approximate surface area is 142 Å². The van der Waals surface area contributed by atoms with Gasteiger partial charge in [0.1, 0.15) is 5.69 Å². The molecule has 0 aliphatic heterocycles. The summed E-state index contributed by atoms with van der Waals surface area (Å²) in [6, 6.07) is 15.7. The fourth-order valence-corrected chi connectivity index (χ4v) is 2.66. The smallest absolute Gasteiger partial charge is 0.246 e. The summed E-state index contributed by atoms with van der Waals surface area (Å²) in [6.07, 6.45) is 3.96. The number of amidine groups is 1. The van der Waals surface area contributed by atoms with Crippen LogP contribution >= 0.6 is 0 Å². The van der Waals surface area contributed by atoms with Crippen LogP contribution in [0.2, 0.25) is 0 Å². The van der Waals surface area contributed by atoms with Crippen molar-refractivity contribution in [2.24, 2.45) is 0 Å². The maximum absolute atomic E-state index is 12.5. The molecule has 0 heterocycles. The van der Waals surface area contributed by atoms with Gasteiger partial charge in [0.05, 0.1) is 20.0 Å². The van der Waals surface area contributed by atoms with Crippen molar-refractivity contribution in [1.82, 2.24) is 0 Å². The van der Waals surface area contributed by atoms with E-state index in [4.69, 9.17) is 0 Å². The molecule has 1 atom stereocenters. The van der Waals surface area contributed by atoms with Gasteiger partial charge in [0.2, 0.25) is 11.7 Å². The van der Waals surface area contributed by atoms with Crippen molar-refractivity contribution in [3.05, 3.63) is 65.7 Å². The molecule has 0 aromatic heterocycles. The highest BCUT2D eigenvalue weighted by molar-refractivity contribution is 6.00. The first-order chi connectivity index (χ1) is 11.5. The number of rotatable bonds is 3. The molecular formula is C20H22N3O+. The first-order valence-electron chi connectivity index (χ1n) is 8.00. The summed E-state index contributed by atoms with van der Waals surface area (Å²) in [6.45, 7) is 2.01. The Balaban J connectivity index is 1.68. The SMILES string of the molecule is CC(Nc1ccc(NC(=O)C2C=Cc3ccccc32)cc1)=[N+](C)C. The van der Waals surface area contributed by atoms with Crippen LogP contribution in [0.15, 0.2) is 54.6 Å². The van der Waals surface area contributed by atoms with E-state index in [9.17, 15) is 4.79 Å². The number of hydrogen-bond acceptors (Lipinski definition) is 1. The van der Waals surface area contributed by atoms with Gasteiger partial charge in [0.25, 0.3) is 0 Å². The maximum Gasteiger partial charge on any atom is 0.246 e. The highest BCUT2D eigenvalue weighted by atomic mass is 16.1. The molecule has 3 rings (SSSR count). The molecular weight excluding hydrogens is 298 g/mol. The van der Waals surface area contributed by atoms with Crippen molar-refractivity contribution >= 4 is 29.2 Å². The second-order valence-corrected chi connectivity index (χ2v) is 6.14. The maximum atomic E-state index is 12.5. The Bertz CT molecular complexity index is 815. The average Bonchev–Trinajstić information content (AvgIpc) is 3.00. The van der Waals surface area contributed by atoms with Gasteiger partial charge in [-0.2, -0.15) is 0 Å². The summed E-state index contributed by atoms with van der Waals surface area (Å²) in [5.41, 5.74) is 3.97. The predicted molar refractivity (Wildman–Crippen MR) is 99.7 cm³/mol. The molecule has 4 heteroatoms. The molecule has 0 spiro atoms. The van der Waals surface area contributed by atoms with Crippen LogP contribution in [0.5, 0.6) is 0 Å². The van der Waals surface area contributed by atoms with Crippen LogP contribution in [0.3, 0.4) is 0 Å². The molecule has 1 aliphatic rings. The Kier molecular flexibility index (Phi) is 4.47. The van der Waals surface area contributed by atoms with Gasteiger partial charge in [-0.1, -0.05) is 36.4 Å². The largest absolute Gasteiger partial charge is 0.325 e. The molecule has 0 bridgehead atoms. The quantitative estimate of drug-likeness (QED) is 0.516. The van der Waals surface area contributed by atoms with Crippen molar-refractivity contribution in [2.45, 2.75) is 12.8 Å². The van der Waals surface area contributed by atoms with Crippen molar-refractivity contribution in [1.29, 1.82) is 0 Å². The van der Waals surface area contributed by atoms with Gasteiger partial charge in [0.15, 0.2) is 0 Å². The summed E-state index contributed by atoms with van der Waals surface area (Å²) >= 11 is 0. The summed E-state index contributed by atoms with van der Waals surface area (Å²) in [4.78, 5) is 12.5. The third kappa shape index (κ3) is 3.38. The molecule has 1 amide bonds. The minimum absolute atomic E-state index is 0.00653. The molecule has 4 nitrogen and oxygen atoms in total. The van der Waals surface area contributed by atoms with Gasteiger partial charge < -0.3 is 5.32 Å². The van der Waals surface area contributed by atoms with Crippen LogP contribution in [0, 0.1) is 0 Å². The Morgan fingerprint density at radius 2 is 1.58 bits per heavy atom. The molecule has 24 heavy (non-hydrogen) atoms. The first kappa shape index (κ1) is 16.0. The van der Waals surface area contributed by atoms with Gasteiger partial charge in [-0.05, 0) is 35.4 Å². The molecule has 0 saturated heterocycles. The standard InChI is InChI=1S/C20H21N3O/c1-14(23(2)3)21-16-9-11-17(12-10-16)22-20(24)19-13-8-15-6-4-5-7-18(15)19/h4-13,19H,1-3H3,(H,22,24)/p+1.